The van der Waals surface area contributed by atoms with Gasteiger partial charge in [-0.3, -0.25) is 20.2 Å². The smallest absolute Gasteiger partial charge is 0.297 e. The van der Waals surface area contributed by atoms with Crippen molar-refractivity contribution in [2.24, 2.45) is 0 Å². The molecule has 1 N–H and O–H groups in total. The van der Waals surface area contributed by atoms with Crippen LogP contribution in [0.15, 0.2) is 23.7 Å². The number of carbonyl (C=O) groups excluding carboxylic acids is 1. The molecule has 1 amide bonds. The van der Waals surface area contributed by atoms with E-state index in [4.69, 9.17) is 0 Å². The second kappa shape index (κ2) is 4.37. The van der Waals surface area contributed by atoms with Crippen molar-refractivity contribution in [3.8, 4) is 0 Å². The SMILES string of the molecule is O=C(Nc1nccs1)c1ccc([N+](=O)[O-])s1. The predicted octanol–water partition coefficient (Wildman–Crippen LogP) is 2.37. The molecule has 0 aromatic carbocycles. The van der Waals surface area contributed by atoms with E-state index in [1.165, 1.54) is 23.5 Å². The molecule has 0 spiro atoms. The van der Waals surface area contributed by atoms with Crippen LogP contribution in [0, 0.1) is 10.1 Å². The molecule has 82 valence electrons. The molecular weight excluding hydrogens is 250 g/mol. The molecule has 0 aliphatic carbocycles. The maximum Gasteiger partial charge on any atom is 0.324 e. The van der Waals surface area contributed by atoms with E-state index in [1.807, 2.05) is 0 Å². The lowest BCUT2D eigenvalue weighted by Crippen LogP contribution is -2.09. The Kier molecular flexibility index (Phi) is 2.93. The molecule has 0 fully saturated rings. The number of carbonyl (C=O) groups is 1. The van der Waals surface area contributed by atoms with Crippen LogP contribution in [0.25, 0.3) is 0 Å². The van der Waals surface area contributed by atoms with E-state index in [2.05, 4.69) is 10.3 Å². The lowest BCUT2D eigenvalue weighted by molar-refractivity contribution is -0.380. The Balaban J connectivity index is 2.12. The number of aromatic nitrogens is 1. The number of nitro groups is 1. The van der Waals surface area contributed by atoms with Gasteiger partial charge >= 0.3 is 5.00 Å². The highest BCUT2D eigenvalue weighted by atomic mass is 32.1. The highest BCUT2D eigenvalue weighted by Crippen LogP contribution is 2.24. The van der Waals surface area contributed by atoms with Crippen molar-refractivity contribution in [1.82, 2.24) is 4.98 Å². The van der Waals surface area contributed by atoms with Crippen molar-refractivity contribution in [2.75, 3.05) is 5.32 Å². The lowest BCUT2D eigenvalue weighted by atomic mass is 10.4. The summed E-state index contributed by atoms with van der Waals surface area (Å²) >= 11 is 2.12. The van der Waals surface area contributed by atoms with Gasteiger partial charge in [-0.25, -0.2) is 4.98 Å². The molecule has 0 saturated heterocycles. The van der Waals surface area contributed by atoms with E-state index in [-0.39, 0.29) is 10.9 Å². The molecule has 0 atom stereocenters. The third kappa shape index (κ3) is 2.23. The minimum atomic E-state index is -0.523. The summed E-state index contributed by atoms with van der Waals surface area (Å²) in [7, 11) is 0. The van der Waals surface area contributed by atoms with Crippen LogP contribution < -0.4 is 5.32 Å². The number of nitrogens with one attached hydrogen (secondary N) is 1. The molecule has 16 heavy (non-hydrogen) atoms. The van der Waals surface area contributed by atoms with Crippen molar-refractivity contribution in [2.45, 2.75) is 0 Å². The zero-order chi connectivity index (χ0) is 11.5. The third-order valence-electron chi connectivity index (χ3n) is 1.65. The van der Waals surface area contributed by atoms with Crippen LogP contribution in [0.2, 0.25) is 0 Å². The van der Waals surface area contributed by atoms with E-state index in [9.17, 15) is 14.9 Å². The van der Waals surface area contributed by atoms with Gasteiger partial charge in [0.15, 0.2) is 5.13 Å². The van der Waals surface area contributed by atoms with Crippen LogP contribution in [0.5, 0.6) is 0 Å². The number of hydrogen-bond donors (Lipinski definition) is 1. The van der Waals surface area contributed by atoms with Gasteiger partial charge in [0.05, 0.1) is 9.80 Å². The molecule has 2 rings (SSSR count). The predicted molar refractivity (Wildman–Crippen MR) is 61.0 cm³/mol. The summed E-state index contributed by atoms with van der Waals surface area (Å²) in [6.45, 7) is 0. The maximum atomic E-state index is 11.6. The summed E-state index contributed by atoms with van der Waals surface area (Å²) in [6, 6.07) is 2.73. The van der Waals surface area contributed by atoms with E-state index in [0.717, 1.165) is 11.3 Å². The number of rotatable bonds is 3. The summed E-state index contributed by atoms with van der Waals surface area (Å²) in [6.07, 6.45) is 1.57. The minimum absolute atomic E-state index is 0.0516. The first-order valence-electron chi connectivity index (χ1n) is 4.12. The van der Waals surface area contributed by atoms with Gasteiger partial charge in [0.25, 0.3) is 5.91 Å². The van der Waals surface area contributed by atoms with E-state index < -0.39 is 4.92 Å². The zero-order valence-electron chi connectivity index (χ0n) is 7.75. The fraction of sp³-hybridized carbons (Fsp3) is 0. The number of thiazole rings is 1. The molecule has 0 bridgehead atoms. The summed E-state index contributed by atoms with van der Waals surface area (Å²) in [5.41, 5.74) is 0. The molecule has 2 aromatic rings. The second-order valence-corrected chi connectivity index (χ2v) is 4.64. The van der Waals surface area contributed by atoms with Crippen LogP contribution in [-0.2, 0) is 0 Å². The van der Waals surface area contributed by atoms with Gasteiger partial charge < -0.3 is 0 Å². The fourth-order valence-corrected chi connectivity index (χ4v) is 2.23. The minimum Gasteiger partial charge on any atom is -0.297 e. The number of hydrogen-bond acceptors (Lipinski definition) is 6. The Morgan fingerprint density at radius 2 is 2.31 bits per heavy atom. The second-order valence-electron chi connectivity index (χ2n) is 2.69. The van der Waals surface area contributed by atoms with Crippen LogP contribution in [-0.4, -0.2) is 15.8 Å². The summed E-state index contributed by atoms with van der Waals surface area (Å²) in [5.74, 6) is -0.381. The summed E-state index contributed by atoms with van der Waals surface area (Å²) < 4.78 is 0. The lowest BCUT2D eigenvalue weighted by Gasteiger charge is -1.96. The van der Waals surface area contributed by atoms with Crippen molar-refractivity contribution < 1.29 is 9.72 Å². The molecule has 2 aromatic heterocycles. The van der Waals surface area contributed by atoms with Crippen molar-refractivity contribution in [3.05, 3.63) is 38.7 Å². The Labute approximate surface area is 97.7 Å². The molecule has 8 heteroatoms. The zero-order valence-corrected chi connectivity index (χ0v) is 9.38. The number of anilines is 1. The average Bonchev–Trinajstić information content (AvgIpc) is 2.86. The highest BCUT2D eigenvalue weighted by molar-refractivity contribution is 7.17. The number of thiophene rings is 1. The molecule has 0 radical (unpaired) electrons. The van der Waals surface area contributed by atoms with Crippen molar-refractivity contribution >= 4 is 38.7 Å². The van der Waals surface area contributed by atoms with E-state index in [0.29, 0.717) is 10.0 Å². The number of nitrogens with zero attached hydrogens (tertiary/aromatic N) is 2. The monoisotopic (exact) mass is 255 g/mol. The van der Waals surface area contributed by atoms with Gasteiger partial charge in [-0.05, 0) is 6.07 Å². The first-order valence-corrected chi connectivity index (χ1v) is 5.81. The van der Waals surface area contributed by atoms with Gasteiger partial charge in [-0.2, -0.15) is 0 Å². The Bertz CT molecular complexity index is 520. The van der Waals surface area contributed by atoms with E-state index in [1.54, 1.807) is 11.6 Å². The molecule has 2 heterocycles. The van der Waals surface area contributed by atoms with Gasteiger partial charge in [-0.15, -0.1) is 11.3 Å². The summed E-state index contributed by atoms with van der Waals surface area (Å²) in [4.78, 5) is 25.7. The average molecular weight is 255 g/mol. The molecule has 0 aliphatic rings. The molecule has 0 aliphatic heterocycles. The quantitative estimate of drug-likeness (QED) is 0.674. The first kappa shape index (κ1) is 10.7. The largest absolute Gasteiger partial charge is 0.324 e. The number of amides is 1. The molecule has 6 nitrogen and oxygen atoms in total. The Morgan fingerprint density at radius 3 is 2.88 bits per heavy atom. The molecular formula is C8H5N3O3S2. The van der Waals surface area contributed by atoms with Crippen molar-refractivity contribution in [1.29, 1.82) is 0 Å². The van der Waals surface area contributed by atoms with Gasteiger partial charge in [-0.1, -0.05) is 11.3 Å². The standard InChI is InChI=1S/C8H5N3O3S2/c12-7(10-8-9-3-4-15-8)5-1-2-6(16-5)11(13)14/h1-4H,(H,9,10,12). The van der Waals surface area contributed by atoms with Crippen molar-refractivity contribution in [3.63, 3.8) is 0 Å². The Hall–Kier alpha value is -1.80. The van der Waals surface area contributed by atoms with E-state index >= 15 is 0 Å². The van der Waals surface area contributed by atoms with Crippen LogP contribution in [0.1, 0.15) is 9.67 Å². The third-order valence-corrected chi connectivity index (χ3v) is 3.37. The molecule has 0 saturated carbocycles. The molecule has 0 unspecified atom stereocenters. The van der Waals surface area contributed by atoms with Gasteiger partial charge in [0, 0.05) is 17.6 Å². The normalized spacial score (nSPS) is 10.0. The summed E-state index contributed by atoms with van der Waals surface area (Å²) in [5, 5.41) is 15.1. The highest BCUT2D eigenvalue weighted by Gasteiger charge is 2.15. The Morgan fingerprint density at radius 1 is 1.50 bits per heavy atom. The first-order chi connectivity index (χ1) is 7.66. The van der Waals surface area contributed by atoms with Crippen LogP contribution >= 0.6 is 22.7 Å². The van der Waals surface area contributed by atoms with Gasteiger partial charge in [0.1, 0.15) is 0 Å². The van der Waals surface area contributed by atoms with Gasteiger partial charge in [0.2, 0.25) is 0 Å². The fourth-order valence-electron chi connectivity index (χ4n) is 0.992. The van der Waals surface area contributed by atoms with Crippen LogP contribution in [0.4, 0.5) is 10.1 Å². The van der Waals surface area contributed by atoms with Crippen LogP contribution in [0.3, 0.4) is 0 Å². The topological polar surface area (TPSA) is 85.1 Å². The maximum absolute atomic E-state index is 11.6.